The van der Waals surface area contributed by atoms with Crippen molar-refractivity contribution in [1.29, 1.82) is 5.41 Å². The third kappa shape index (κ3) is 3.74. The summed E-state index contributed by atoms with van der Waals surface area (Å²) in [5.74, 6) is -0.102. The predicted molar refractivity (Wildman–Crippen MR) is 128 cm³/mol. The summed E-state index contributed by atoms with van der Waals surface area (Å²) < 4.78 is 11.3. The lowest BCUT2D eigenvalue weighted by atomic mass is 9.91. The Balaban J connectivity index is 0.00000162. The van der Waals surface area contributed by atoms with E-state index in [4.69, 9.17) is 25.6 Å². The van der Waals surface area contributed by atoms with E-state index in [9.17, 15) is 4.79 Å². The van der Waals surface area contributed by atoms with Gasteiger partial charge in [-0.1, -0.05) is 12.1 Å². The van der Waals surface area contributed by atoms with Gasteiger partial charge in [-0.05, 0) is 49.1 Å². The fourth-order valence-electron chi connectivity index (χ4n) is 4.58. The smallest absolute Gasteiger partial charge is 0.251 e. The highest BCUT2D eigenvalue weighted by Crippen LogP contribution is 2.36. The maximum atomic E-state index is 12.5. The van der Waals surface area contributed by atoms with Gasteiger partial charge in [-0.3, -0.25) is 4.79 Å². The molecule has 5 rings (SSSR count). The van der Waals surface area contributed by atoms with E-state index in [-0.39, 0.29) is 14.9 Å². The minimum Gasteiger partial charge on any atom is -0.398 e. The van der Waals surface area contributed by atoms with Crippen molar-refractivity contribution in [2.24, 2.45) is 0 Å². The second kappa shape index (κ2) is 8.68. The van der Waals surface area contributed by atoms with E-state index in [1.54, 1.807) is 6.07 Å². The minimum absolute atomic E-state index is 0. The number of rotatable bonds is 5. The fourth-order valence-corrected chi connectivity index (χ4v) is 4.58. The van der Waals surface area contributed by atoms with Crippen LogP contribution in [0.4, 0.5) is 5.69 Å². The molecule has 1 aromatic heterocycles. The van der Waals surface area contributed by atoms with E-state index in [2.05, 4.69) is 5.32 Å². The number of aromatic nitrogens is 1. The molecule has 7 heteroatoms. The first-order valence-corrected chi connectivity index (χ1v) is 11.0. The summed E-state index contributed by atoms with van der Waals surface area (Å²) in [5.41, 5.74) is 12.8. The molecule has 3 heterocycles. The van der Waals surface area contributed by atoms with Crippen LogP contribution in [-0.4, -0.2) is 43.0 Å². The molecule has 1 amide bonds. The zero-order valence-corrected chi connectivity index (χ0v) is 17.8. The Morgan fingerprint density at radius 1 is 1.22 bits per heavy atom. The highest BCUT2D eigenvalue weighted by atomic mass is 16.5. The van der Waals surface area contributed by atoms with Crippen molar-refractivity contribution in [2.45, 2.75) is 32.0 Å². The number of ether oxygens (including phenoxy) is 2. The van der Waals surface area contributed by atoms with Gasteiger partial charge < -0.3 is 25.9 Å². The molecule has 1 atom stereocenters. The monoisotopic (exact) mass is 434 g/mol. The Morgan fingerprint density at radius 2 is 2.06 bits per heavy atom. The number of nitrogens with two attached hydrogens (primary N) is 1. The van der Waals surface area contributed by atoms with Crippen LogP contribution in [0.5, 0.6) is 0 Å². The Kier molecular flexibility index (Phi) is 5.59. The number of anilines is 1. The third-order valence-electron chi connectivity index (χ3n) is 6.26. The maximum absolute atomic E-state index is 12.5. The number of benzene rings is 2. The molecule has 2 aromatic carbocycles. The van der Waals surface area contributed by atoms with Gasteiger partial charge >= 0.3 is 0 Å². The molecule has 0 radical (unpaired) electrons. The van der Waals surface area contributed by atoms with Crippen LogP contribution in [-0.2, 0) is 22.5 Å². The van der Waals surface area contributed by atoms with Crippen molar-refractivity contribution >= 4 is 28.7 Å². The lowest BCUT2D eigenvalue weighted by Crippen LogP contribution is -2.31. The SMILES string of the molecule is N=Cc1c(N)ccc2nc(-c3ccc(C(=O)NC[C@H]4CCCO4)cc3)c3c(c12)CCOC3.[HH].[HH]. The van der Waals surface area contributed by atoms with Crippen LogP contribution in [0, 0.1) is 5.41 Å². The molecule has 0 spiro atoms. The number of hydrogen-bond acceptors (Lipinski definition) is 6. The van der Waals surface area contributed by atoms with Crippen LogP contribution in [0.2, 0.25) is 0 Å². The first-order valence-electron chi connectivity index (χ1n) is 11.0. The van der Waals surface area contributed by atoms with Gasteiger partial charge in [-0.15, -0.1) is 0 Å². The van der Waals surface area contributed by atoms with E-state index >= 15 is 0 Å². The zero-order valence-electron chi connectivity index (χ0n) is 17.8. The van der Waals surface area contributed by atoms with Gasteiger partial charge in [0, 0.05) is 55.5 Å². The van der Waals surface area contributed by atoms with E-state index in [0.717, 1.165) is 59.2 Å². The van der Waals surface area contributed by atoms with Crippen molar-refractivity contribution in [3.05, 3.63) is 58.7 Å². The van der Waals surface area contributed by atoms with E-state index in [1.807, 2.05) is 30.3 Å². The summed E-state index contributed by atoms with van der Waals surface area (Å²) in [6, 6.07) is 11.2. The number of nitrogens with zero attached hydrogens (tertiary/aromatic N) is 1. The van der Waals surface area contributed by atoms with Gasteiger partial charge in [-0.2, -0.15) is 0 Å². The van der Waals surface area contributed by atoms with Crippen molar-refractivity contribution in [2.75, 3.05) is 25.5 Å². The molecule has 32 heavy (non-hydrogen) atoms. The summed E-state index contributed by atoms with van der Waals surface area (Å²) in [5, 5.41) is 11.7. The lowest BCUT2D eigenvalue weighted by Gasteiger charge is -2.23. The minimum atomic E-state index is -0.102. The number of amides is 1. The largest absolute Gasteiger partial charge is 0.398 e. The Bertz CT molecular complexity index is 1200. The summed E-state index contributed by atoms with van der Waals surface area (Å²) >= 11 is 0. The average Bonchev–Trinajstić information content (AvgIpc) is 3.36. The summed E-state index contributed by atoms with van der Waals surface area (Å²) in [6.07, 6.45) is 4.21. The molecule has 2 aliphatic heterocycles. The molecular weight excluding hydrogens is 404 g/mol. The first-order chi connectivity index (χ1) is 15.7. The lowest BCUT2D eigenvalue weighted by molar-refractivity contribution is 0.0858. The van der Waals surface area contributed by atoms with Gasteiger partial charge in [0.1, 0.15) is 0 Å². The number of pyridine rings is 1. The van der Waals surface area contributed by atoms with Crippen molar-refractivity contribution in [3.63, 3.8) is 0 Å². The zero-order chi connectivity index (χ0) is 22.1. The maximum Gasteiger partial charge on any atom is 0.251 e. The van der Waals surface area contributed by atoms with E-state index < -0.39 is 0 Å². The quantitative estimate of drug-likeness (QED) is 0.416. The van der Waals surface area contributed by atoms with Crippen molar-refractivity contribution in [3.8, 4) is 11.3 Å². The van der Waals surface area contributed by atoms with E-state index in [1.165, 1.54) is 6.21 Å². The Hall–Kier alpha value is -3.29. The molecule has 7 nitrogen and oxygen atoms in total. The van der Waals surface area contributed by atoms with Gasteiger partial charge in [0.2, 0.25) is 0 Å². The number of hydrogen-bond donors (Lipinski definition) is 3. The summed E-state index contributed by atoms with van der Waals surface area (Å²) in [4.78, 5) is 17.4. The standard InChI is InChI=1S/C25H26N4O3.2H2/c26-12-19-21(27)7-8-22-23(19)18-9-11-31-14-20(18)24(29-22)15-3-5-16(6-4-15)25(30)28-13-17-2-1-10-32-17;;/h3-8,12,17,26H,1-2,9-11,13-14,27H2,(H,28,30);2*1H/t17-;;/m1../s1. The van der Waals surface area contributed by atoms with Crippen molar-refractivity contribution < 1.29 is 17.1 Å². The average molecular weight is 435 g/mol. The Morgan fingerprint density at radius 3 is 2.81 bits per heavy atom. The van der Waals surface area contributed by atoms with Crippen molar-refractivity contribution in [1.82, 2.24) is 10.3 Å². The van der Waals surface area contributed by atoms with Gasteiger partial charge in [0.05, 0.1) is 30.5 Å². The molecule has 1 saturated heterocycles. The molecular formula is C25H30N4O3. The molecule has 168 valence electrons. The van der Waals surface area contributed by atoms with Gasteiger partial charge in [0.25, 0.3) is 5.91 Å². The second-order valence-electron chi connectivity index (χ2n) is 8.25. The number of carbonyl (C=O) groups excluding carboxylic acids is 1. The highest BCUT2D eigenvalue weighted by molar-refractivity contribution is 6.05. The number of fused-ring (bicyclic) bond motifs is 3. The summed E-state index contributed by atoms with van der Waals surface area (Å²) in [6.45, 7) is 2.40. The Labute approximate surface area is 189 Å². The van der Waals surface area contributed by atoms with E-state index in [0.29, 0.717) is 36.6 Å². The highest BCUT2D eigenvalue weighted by Gasteiger charge is 2.22. The molecule has 4 N–H and O–H groups in total. The molecule has 3 aromatic rings. The molecule has 0 saturated carbocycles. The van der Waals surface area contributed by atoms with Crippen LogP contribution in [0.15, 0.2) is 36.4 Å². The normalized spacial score (nSPS) is 17.8. The molecule has 0 bridgehead atoms. The molecule has 2 aliphatic rings. The number of nitrogens with one attached hydrogen (secondary N) is 2. The van der Waals surface area contributed by atoms with Crippen LogP contribution in [0.25, 0.3) is 22.2 Å². The van der Waals surface area contributed by atoms with Crippen LogP contribution >= 0.6 is 0 Å². The molecule has 0 aliphatic carbocycles. The van der Waals surface area contributed by atoms with Crippen LogP contribution in [0.3, 0.4) is 0 Å². The molecule has 0 unspecified atom stereocenters. The topological polar surface area (TPSA) is 110 Å². The number of carbonyl (C=O) groups is 1. The fraction of sp³-hybridized carbons (Fsp3) is 0.320. The molecule has 1 fully saturated rings. The number of nitrogen functional groups attached to an aromatic ring is 1. The predicted octanol–water partition coefficient (Wildman–Crippen LogP) is 3.96. The first kappa shape index (κ1) is 20.6. The van der Waals surface area contributed by atoms with Gasteiger partial charge in [-0.25, -0.2) is 4.98 Å². The van der Waals surface area contributed by atoms with Crippen LogP contribution < -0.4 is 11.1 Å². The van der Waals surface area contributed by atoms with Gasteiger partial charge in [0.15, 0.2) is 0 Å². The third-order valence-corrected chi connectivity index (χ3v) is 6.26. The second-order valence-corrected chi connectivity index (χ2v) is 8.25. The summed E-state index contributed by atoms with van der Waals surface area (Å²) in [7, 11) is 0. The van der Waals surface area contributed by atoms with Crippen LogP contribution in [0.1, 0.15) is 42.7 Å².